The molecular weight excluding hydrogens is 256 g/mol. The molecule has 0 radical (unpaired) electrons. The van der Waals surface area contributed by atoms with Crippen LogP contribution >= 0.6 is 0 Å². The molecule has 2 heterocycles. The molecule has 2 aliphatic rings. The summed E-state index contributed by atoms with van der Waals surface area (Å²) in [5, 5.41) is 6.46. The maximum atomic E-state index is 12.1. The summed E-state index contributed by atoms with van der Waals surface area (Å²) in [5.41, 5.74) is 0.100. The van der Waals surface area contributed by atoms with E-state index in [2.05, 4.69) is 10.6 Å². The first kappa shape index (κ1) is 15.7. The van der Waals surface area contributed by atoms with Gasteiger partial charge in [-0.25, -0.2) is 0 Å². The first-order chi connectivity index (χ1) is 9.74. The smallest absolute Gasteiger partial charge is 0.222 e. The minimum absolute atomic E-state index is 0.100. The molecule has 116 valence electrons. The molecular formula is C15H28N2O3. The molecule has 0 aromatic rings. The van der Waals surface area contributed by atoms with Crippen molar-refractivity contribution in [3.63, 3.8) is 0 Å². The molecule has 20 heavy (non-hydrogen) atoms. The molecule has 0 bridgehead atoms. The van der Waals surface area contributed by atoms with Gasteiger partial charge in [0.05, 0.1) is 19.1 Å². The largest absolute Gasteiger partial charge is 0.384 e. The number of ether oxygens (including phenoxy) is 2. The van der Waals surface area contributed by atoms with Crippen molar-refractivity contribution in [2.45, 2.75) is 44.6 Å². The molecule has 0 aromatic carbocycles. The van der Waals surface area contributed by atoms with Gasteiger partial charge >= 0.3 is 0 Å². The van der Waals surface area contributed by atoms with Crippen LogP contribution in [0.3, 0.4) is 0 Å². The van der Waals surface area contributed by atoms with Gasteiger partial charge in [-0.1, -0.05) is 0 Å². The lowest BCUT2D eigenvalue weighted by molar-refractivity contribution is -0.125. The summed E-state index contributed by atoms with van der Waals surface area (Å²) < 4.78 is 11.0. The van der Waals surface area contributed by atoms with Crippen LogP contribution in [0.4, 0.5) is 0 Å². The molecule has 0 aromatic heterocycles. The average Bonchev–Trinajstić information content (AvgIpc) is 2.48. The van der Waals surface area contributed by atoms with Gasteiger partial charge in [0.1, 0.15) is 0 Å². The second-order valence-corrected chi connectivity index (χ2v) is 6.15. The Morgan fingerprint density at radius 3 is 2.85 bits per heavy atom. The first-order valence-electron chi connectivity index (χ1n) is 7.82. The summed E-state index contributed by atoms with van der Waals surface area (Å²) in [4.78, 5) is 12.1. The Hall–Kier alpha value is -0.650. The summed E-state index contributed by atoms with van der Waals surface area (Å²) in [6, 6.07) is 0. The number of rotatable bonds is 6. The molecule has 5 nitrogen and oxygen atoms in total. The Balaban J connectivity index is 1.74. The standard InChI is InChI=1S/C15H28N2O3/c1-19-12-15(5-7-16-8-6-15)11-17-14(18)10-13-4-2-3-9-20-13/h13,16H,2-12H2,1H3,(H,17,18). The number of methoxy groups -OCH3 is 1. The van der Waals surface area contributed by atoms with Crippen LogP contribution in [0.25, 0.3) is 0 Å². The highest BCUT2D eigenvalue weighted by Crippen LogP contribution is 2.28. The highest BCUT2D eigenvalue weighted by Gasteiger charge is 2.32. The molecule has 0 aliphatic carbocycles. The van der Waals surface area contributed by atoms with Crippen LogP contribution < -0.4 is 10.6 Å². The third-order valence-electron chi connectivity index (χ3n) is 4.46. The van der Waals surface area contributed by atoms with Gasteiger partial charge in [0.15, 0.2) is 0 Å². The summed E-state index contributed by atoms with van der Waals surface area (Å²) in [7, 11) is 1.74. The van der Waals surface area contributed by atoms with Crippen molar-refractivity contribution in [2.24, 2.45) is 5.41 Å². The Morgan fingerprint density at radius 2 is 2.20 bits per heavy atom. The first-order valence-corrected chi connectivity index (χ1v) is 7.82. The number of amides is 1. The molecule has 0 spiro atoms. The van der Waals surface area contributed by atoms with Crippen LogP contribution in [0.2, 0.25) is 0 Å². The lowest BCUT2D eigenvalue weighted by Crippen LogP contribution is -2.47. The van der Waals surface area contributed by atoms with Crippen molar-refractivity contribution in [2.75, 3.05) is 40.0 Å². The number of carbonyl (C=O) groups is 1. The lowest BCUT2D eigenvalue weighted by Gasteiger charge is -2.37. The zero-order chi connectivity index (χ0) is 14.3. The van der Waals surface area contributed by atoms with Crippen molar-refractivity contribution < 1.29 is 14.3 Å². The number of nitrogens with one attached hydrogen (secondary N) is 2. The summed E-state index contributed by atoms with van der Waals surface area (Å²) >= 11 is 0. The van der Waals surface area contributed by atoms with Crippen LogP contribution in [0.1, 0.15) is 38.5 Å². The molecule has 2 rings (SSSR count). The fourth-order valence-electron chi connectivity index (χ4n) is 3.17. The van der Waals surface area contributed by atoms with Crippen LogP contribution in [-0.2, 0) is 14.3 Å². The van der Waals surface area contributed by atoms with E-state index >= 15 is 0 Å². The molecule has 2 saturated heterocycles. The van der Waals surface area contributed by atoms with Crippen LogP contribution in [0.5, 0.6) is 0 Å². The minimum Gasteiger partial charge on any atom is -0.384 e. The van der Waals surface area contributed by atoms with Gasteiger partial charge in [0.2, 0.25) is 5.91 Å². The fourth-order valence-corrected chi connectivity index (χ4v) is 3.17. The van der Waals surface area contributed by atoms with Crippen LogP contribution in [-0.4, -0.2) is 52.0 Å². The van der Waals surface area contributed by atoms with Gasteiger partial charge in [-0.15, -0.1) is 0 Å². The zero-order valence-corrected chi connectivity index (χ0v) is 12.6. The third kappa shape index (κ3) is 4.72. The Bertz CT molecular complexity index is 292. The van der Waals surface area contributed by atoms with Crippen molar-refractivity contribution >= 4 is 5.91 Å². The van der Waals surface area contributed by atoms with Gasteiger partial charge in [0, 0.05) is 25.7 Å². The second kappa shape index (κ2) is 7.96. The maximum absolute atomic E-state index is 12.1. The van der Waals surface area contributed by atoms with E-state index in [0.717, 1.165) is 52.0 Å². The fraction of sp³-hybridized carbons (Fsp3) is 0.933. The van der Waals surface area contributed by atoms with E-state index in [4.69, 9.17) is 9.47 Å². The molecule has 1 atom stereocenters. The molecule has 0 saturated carbocycles. The number of carbonyl (C=O) groups excluding carboxylic acids is 1. The Morgan fingerprint density at radius 1 is 1.40 bits per heavy atom. The predicted octanol–water partition coefficient (Wildman–Crippen LogP) is 1.08. The predicted molar refractivity (Wildman–Crippen MR) is 77.6 cm³/mol. The third-order valence-corrected chi connectivity index (χ3v) is 4.46. The van der Waals surface area contributed by atoms with Crippen LogP contribution in [0.15, 0.2) is 0 Å². The molecule has 2 aliphatic heterocycles. The molecule has 2 N–H and O–H groups in total. The van der Waals surface area contributed by atoms with E-state index < -0.39 is 0 Å². The maximum Gasteiger partial charge on any atom is 0.222 e. The average molecular weight is 284 g/mol. The van der Waals surface area contributed by atoms with E-state index in [-0.39, 0.29) is 17.4 Å². The van der Waals surface area contributed by atoms with E-state index in [1.165, 1.54) is 6.42 Å². The normalized spacial score (nSPS) is 26.1. The van der Waals surface area contributed by atoms with Gasteiger partial charge in [-0.3, -0.25) is 4.79 Å². The topological polar surface area (TPSA) is 59.6 Å². The van der Waals surface area contributed by atoms with Crippen LogP contribution in [0, 0.1) is 5.41 Å². The second-order valence-electron chi connectivity index (χ2n) is 6.15. The highest BCUT2D eigenvalue weighted by atomic mass is 16.5. The number of hydrogen-bond donors (Lipinski definition) is 2. The van der Waals surface area contributed by atoms with E-state index in [0.29, 0.717) is 13.0 Å². The summed E-state index contributed by atoms with van der Waals surface area (Å²) in [5.74, 6) is 0.117. The Labute approximate surface area is 121 Å². The van der Waals surface area contributed by atoms with Crippen molar-refractivity contribution in [3.8, 4) is 0 Å². The van der Waals surface area contributed by atoms with E-state index in [1.807, 2.05) is 0 Å². The quantitative estimate of drug-likeness (QED) is 0.766. The monoisotopic (exact) mass is 284 g/mol. The number of piperidine rings is 1. The van der Waals surface area contributed by atoms with Crippen molar-refractivity contribution in [1.29, 1.82) is 0 Å². The number of hydrogen-bond acceptors (Lipinski definition) is 4. The molecule has 1 amide bonds. The van der Waals surface area contributed by atoms with Gasteiger partial charge in [0.25, 0.3) is 0 Å². The summed E-state index contributed by atoms with van der Waals surface area (Å²) in [6.07, 6.45) is 6.05. The Kier molecular flexibility index (Phi) is 6.26. The van der Waals surface area contributed by atoms with Gasteiger partial charge in [-0.05, 0) is 45.2 Å². The lowest BCUT2D eigenvalue weighted by atomic mass is 9.79. The summed E-state index contributed by atoms with van der Waals surface area (Å²) in [6.45, 7) is 4.25. The minimum atomic E-state index is 0.100. The van der Waals surface area contributed by atoms with E-state index in [1.54, 1.807) is 7.11 Å². The van der Waals surface area contributed by atoms with E-state index in [9.17, 15) is 4.79 Å². The molecule has 5 heteroatoms. The van der Waals surface area contributed by atoms with Crippen molar-refractivity contribution in [3.05, 3.63) is 0 Å². The van der Waals surface area contributed by atoms with Gasteiger partial charge in [-0.2, -0.15) is 0 Å². The van der Waals surface area contributed by atoms with Crippen molar-refractivity contribution in [1.82, 2.24) is 10.6 Å². The molecule has 2 fully saturated rings. The molecule has 1 unspecified atom stereocenters. The highest BCUT2D eigenvalue weighted by molar-refractivity contribution is 5.76. The van der Waals surface area contributed by atoms with Gasteiger partial charge < -0.3 is 20.1 Å². The SMILES string of the molecule is COCC1(CNC(=O)CC2CCCCO2)CCNCC1. The zero-order valence-electron chi connectivity index (χ0n) is 12.6.